The van der Waals surface area contributed by atoms with Gasteiger partial charge in [-0.3, -0.25) is 0 Å². The molecule has 0 aliphatic heterocycles. The maximum atomic E-state index is 6.23. The Balaban J connectivity index is 2.60. The van der Waals surface area contributed by atoms with Gasteiger partial charge in [0.2, 0.25) is 0 Å². The van der Waals surface area contributed by atoms with Crippen molar-refractivity contribution in [1.29, 1.82) is 0 Å². The molecule has 1 aromatic carbocycles. The zero-order chi connectivity index (χ0) is 22.4. The highest BCUT2D eigenvalue weighted by atomic mass is 15.0. The van der Waals surface area contributed by atoms with Gasteiger partial charge in [0.25, 0.3) is 0 Å². The second-order valence-electron chi connectivity index (χ2n) is 9.24. The Morgan fingerprint density at radius 3 is 2.63 bits per heavy atom. The predicted octanol–water partition coefficient (Wildman–Crippen LogP) is 6.58. The molecule has 2 rings (SSSR count). The van der Waals surface area contributed by atoms with Gasteiger partial charge >= 0.3 is 0 Å². The quantitative estimate of drug-likeness (QED) is 0.409. The van der Waals surface area contributed by atoms with Crippen LogP contribution in [0.1, 0.15) is 57.6 Å². The van der Waals surface area contributed by atoms with Gasteiger partial charge in [0, 0.05) is 23.1 Å². The van der Waals surface area contributed by atoms with Gasteiger partial charge in [0.15, 0.2) is 0 Å². The molecule has 1 aliphatic rings. The highest BCUT2D eigenvalue weighted by Crippen LogP contribution is 2.50. The molecule has 0 fully saturated rings. The van der Waals surface area contributed by atoms with Gasteiger partial charge in [-0.2, -0.15) is 0 Å². The van der Waals surface area contributed by atoms with E-state index < -0.39 is 0 Å². The second kappa shape index (κ2) is 10.1. The summed E-state index contributed by atoms with van der Waals surface area (Å²) in [6.45, 7) is 24.5. The zero-order valence-electron chi connectivity index (χ0n) is 19.3. The molecule has 1 aliphatic carbocycles. The summed E-state index contributed by atoms with van der Waals surface area (Å²) in [6, 6.07) is 8.64. The van der Waals surface area contributed by atoms with E-state index in [1.54, 1.807) is 0 Å². The predicted molar refractivity (Wildman–Crippen MR) is 133 cm³/mol. The van der Waals surface area contributed by atoms with Gasteiger partial charge in [-0.25, -0.2) is 0 Å². The van der Waals surface area contributed by atoms with E-state index >= 15 is 0 Å². The summed E-state index contributed by atoms with van der Waals surface area (Å²) in [4.78, 5) is 0. The molecule has 30 heavy (non-hydrogen) atoms. The van der Waals surface area contributed by atoms with Gasteiger partial charge < -0.3 is 11.1 Å². The van der Waals surface area contributed by atoms with Crippen LogP contribution in [-0.4, -0.2) is 12.1 Å². The van der Waals surface area contributed by atoms with Crippen LogP contribution in [-0.2, 0) is 6.42 Å². The van der Waals surface area contributed by atoms with Crippen molar-refractivity contribution in [3.8, 4) is 0 Å². The van der Waals surface area contributed by atoms with E-state index in [1.165, 1.54) is 11.1 Å². The third kappa shape index (κ3) is 5.23. The molecule has 0 saturated carbocycles. The fourth-order valence-electron chi connectivity index (χ4n) is 4.60. The van der Waals surface area contributed by atoms with Crippen LogP contribution in [0, 0.1) is 11.3 Å². The Morgan fingerprint density at radius 2 is 2.00 bits per heavy atom. The first-order valence-electron chi connectivity index (χ1n) is 11.1. The summed E-state index contributed by atoms with van der Waals surface area (Å²) in [5.41, 5.74) is 11.2. The third-order valence-corrected chi connectivity index (χ3v) is 6.96. The van der Waals surface area contributed by atoms with Crippen molar-refractivity contribution >= 4 is 6.08 Å². The van der Waals surface area contributed by atoms with E-state index in [0.717, 1.165) is 43.4 Å². The second-order valence-corrected chi connectivity index (χ2v) is 9.24. The number of nitrogens with one attached hydrogen (secondary N) is 1. The van der Waals surface area contributed by atoms with Crippen LogP contribution in [0.5, 0.6) is 0 Å². The lowest BCUT2D eigenvalue weighted by molar-refractivity contribution is 0.120. The van der Waals surface area contributed by atoms with Crippen molar-refractivity contribution in [1.82, 2.24) is 5.32 Å². The number of rotatable bonds is 11. The standard InChI is InChI=1S/C28H40N2/c1-8-21(3)16-17-28(27(7,18-24(6)29)30-20-22(4)9-2)19-26-13-11-10-12-25(26)15-14-23(28)5/h8,10-15,22,30H,1,3,5-6,9,16-20,29H2,2,4,7H3. The molecule has 0 radical (unpaired) electrons. The topological polar surface area (TPSA) is 38.0 Å². The molecule has 0 aromatic heterocycles. The minimum atomic E-state index is -0.289. The lowest BCUT2D eigenvalue weighted by atomic mass is 9.59. The van der Waals surface area contributed by atoms with Crippen LogP contribution >= 0.6 is 0 Å². The zero-order valence-corrected chi connectivity index (χ0v) is 19.3. The Kier molecular flexibility index (Phi) is 8.09. The Morgan fingerprint density at radius 1 is 1.30 bits per heavy atom. The smallest absolute Gasteiger partial charge is 0.0307 e. The fraction of sp³-hybridized carbons (Fsp3) is 0.429. The Labute approximate surface area is 184 Å². The van der Waals surface area contributed by atoms with Crippen LogP contribution in [0.4, 0.5) is 0 Å². The summed E-state index contributed by atoms with van der Waals surface area (Å²) in [7, 11) is 0. The average molecular weight is 405 g/mol. The summed E-state index contributed by atoms with van der Waals surface area (Å²) in [6.07, 6.45) is 10.8. The Hall–Kier alpha value is -2.32. The first kappa shape index (κ1) is 24.0. The number of hydrogen-bond donors (Lipinski definition) is 2. The van der Waals surface area contributed by atoms with E-state index in [2.05, 4.69) is 88.8 Å². The van der Waals surface area contributed by atoms with E-state index in [4.69, 9.17) is 5.73 Å². The summed E-state index contributed by atoms with van der Waals surface area (Å²) in [5, 5.41) is 3.93. The maximum Gasteiger partial charge on any atom is 0.0307 e. The molecule has 0 bridgehead atoms. The first-order valence-corrected chi connectivity index (χ1v) is 11.1. The molecule has 1 aromatic rings. The number of hydrogen-bond acceptors (Lipinski definition) is 2. The maximum absolute atomic E-state index is 6.23. The van der Waals surface area contributed by atoms with Crippen LogP contribution < -0.4 is 11.1 Å². The average Bonchev–Trinajstić information content (AvgIpc) is 2.87. The van der Waals surface area contributed by atoms with Crippen LogP contribution in [0.25, 0.3) is 6.08 Å². The van der Waals surface area contributed by atoms with Crippen molar-refractivity contribution in [2.75, 3.05) is 6.54 Å². The normalized spacial score (nSPS) is 21.2. The van der Waals surface area contributed by atoms with E-state index in [-0.39, 0.29) is 11.0 Å². The van der Waals surface area contributed by atoms with E-state index in [0.29, 0.717) is 18.0 Å². The van der Waals surface area contributed by atoms with Gasteiger partial charge in [0.1, 0.15) is 0 Å². The van der Waals surface area contributed by atoms with Gasteiger partial charge in [-0.05, 0) is 55.3 Å². The van der Waals surface area contributed by atoms with Gasteiger partial charge in [-0.1, -0.05) is 94.7 Å². The minimum absolute atomic E-state index is 0.224. The highest BCUT2D eigenvalue weighted by Gasteiger charge is 2.49. The van der Waals surface area contributed by atoms with Gasteiger partial charge in [-0.15, -0.1) is 0 Å². The van der Waals surface area contributed by atoms with Gasteiger partial charge in [0.05, 0.1) is 0 Å². The minimum Gasteiger partial charge on any atom is -0.402 e. The first-order chi connectivity index (χ1) is 14.2. The van der Waals surface area contributed by atoms with E-state index in [9.17, 15) is 0 Å². The molecular formula is C28H40N2. The SMILES string of the molecule is C=CC(=C)CCC1(C(C)(CC(=C)N)NCC(C)CC)Cc2ccccc2C=CC1=C. The monoisotopic (exact) mass is 404 g/mol. The third-order valence-electron chi connectivity index (χ3n) is 6.96. The number of allylic oxidation sites excluding steroid dienone is 3. The van der Waals surface area contributed by atoms with Crippen LogP contribution in [0.15, 0.2) is 79.6 Å². The molecule has 0 spiro atoms. The molecular weight excluding hydrogens is 364 g/mol. The lowest BCUT2D eigenvalue weighted by Crippen LogP contribution is -2.59. The largest absolute Gasteiger partial charge is 0.402 e. The molecule has 0 amide bonds. The lowest BCUT2D eigenvalue weighted by Gasteiger charge is -2.51. The molecule has 3 unspecified atom stereocenters. The van der Waals surface area contributed by atoms with Crippen LogP contribution in [0.2, 0.25) is 0 Å². The molecule has 0 heterocycles. The Bertz CT molecular complexity index is 831. The summed E-state index contributed by atoms with van der Waals surface area (Å²) >= 11 is 0. The van der Waals surface area contributed by atoms with Crippen LogP contribution in [0.3, 0.4) is 0 Å². The molecule has 162 valence electrons. The molecule has 0 saturated heterocycles. The molecule has 2 heteroatoms. The molecule has 3 N–H and O–H groups in total. The summed E-state index contributed by atoms with van der Waals surface area (Å²) in [5.74, 6) is 0.581. The van der Waals surface area contributed by atoms with Crippen molar-refractivity contribution in [3.05, 3.63) is 90.7 Å². The van der Waals surface area contributed by atoms with Crippen molar-refractivity contribution < 1.29 is 0 Å². The number of benzene rings is 1. The number of nitrogens with two attached hydrogens (primary N) is 1. The highest BCUT2D eigenvalue weighted by molar-refractivity contribution is 5.60. The van der Waals surface area contributed by atoms with Crippen molar-refractivity contribution in [2.45, 2.75) is 58.4 Å². The molecule has 3 atom stereocenters. The molecule has 2 nitrogen and oxygen atoms in total. The van der Waals surface area contributed by atoms with Crippen molar-refractivity contribution in [3.63, 3.8) is 0 Å². The van der Waals surface area contributed by atoms with E-state index in [1.807, 2.05) is 6.08 Å². The van der Waals surface area contributed by atoms with Crippen molar-refractivity contribution in [2.24, 2.45) is 17.1 Å². The number of fused-ring (bicyclic) bond motifs is 1. The fourth-order valence-corrected chi connectivity index (χ4v) is 4.60. The summed E-state index contributed by atoms with van der Waals surface area (Å²) < 4.78 is 0.